The minimum atomic E-state index is -1.21. The number of esters is 1. The number of carboxylic acids is 1. The fourth-order valence-corrected chi connectivity index (χ4v) is 1.67. The predicted octanol–water partition coefficient (Wildman–Crippen LogP) is 0.457. The van der Waals surface area contributed by atoms with Gasteiger partial charge in [-0.15, -0.1) is 0 Å². The molecule has 1 aromatic rings. The smallest absolute Gasteiger partial charge is 0.326 e. The molecule has 7 heteroatoms. The molecule has 0 aliphatic carbocycles. The van der Waals surface area contributed by atoms with Gasteiger partial charge in [0.15, 0.2) is 0 Å². The van der Waals surface area contributed by atoms with Crippen molar-refractivity contribution in [3.8, 4) is 5.75 Å². The van der Waals surface area contributed by atoms with Gasteiger partial charge >= 0.3 is 11.9 Å². The van der Waals surface area contributed by atoms with Crippen LogP contribution in [-0.4, -0.2) is 41.2 Å². The molecule has 1 aromatic carbocycles. The monoisotopic (exact) mass is 295 g/mol. The summed E-state index contributed by atoms with van der Waals surface area (Å²) >= 11 is 0. The first-order valence-electron chi connectivity index (χ1n) is 6.29. The zero-order chi connectivity index (χ0) is 15.8. The van der Waals surface area contributed by atoms with Crippen molar-refractivity contribution in [3.63, 3.8) is 0 Å². The molecule has 114 valence electrons. The highest BCUT2D eigenvalue weighted by molar-refractivity contribution is 5.85. The Morgan fingerprint density at radius 3 is 2.38 bits per heavy atom. The Balaban J connectivity index is 2.54. The molecule has 0 aromatic heterocycles. The van der Waals surface area contributed by atoms with Crippen molar-refractivity contribution in [2.24, 2.45) is 0 Å². The third-order valence-corrected chi connectivity index (χ3v) is 2.80. The number of nitrogens with one attached hydrogen (secondary N) is 1. The van der Waals surface area contributed by atoms with Crippen LogP contribution in [0, 0.1) is 0 Å². The molecule has 0 radical (unpaired) electrons. The third-order valence-electron chi connectivity index (χ3n) is 2.80. The van der Waals surface area contributed by atoms with Crippen molar-refractivity contribution in [2.45, 2.75) is 25.3 Å². The van der Waals surface area contributed by atoms with Crippen LogP contribution in [0.4, 0.5) is 0 Å². The van der Waals surface area contributed by atoms with Gasteiger partial charge in [-0.05, 0) is 24.1 Å². The maximum absolute atomic E-state index is 11.8. The van der Waals surface area contributed by atoms with E-state index in [0.717, 1.165) is 0 Å². The second-order valence-corrected chi connectivity index (χ2v) is 4.42. The van der Waals surface area contributed by atoms with Crippen LogP contribution in [0.3, 0.4) is 0 Å². The fourth-order valence-electron chi connectivity index (χ4n) is 1.67. The van der Waals surface area contributed by atoms with E-state index in [2.05, 4.69) is 10.1 Å². The Kier molecular flexibility index (Phi) is 6.19. The molecule has 0 spiro atoms. The summed E-state index contributed by atoms with van der Waals surface area (Å²) in [5.41, 5.74) is 0.641. The molecule has 1 atom stereocenters. The van der Waals surface area contributed by atoms with Crippen molar-refractivity contribution in [3.05, 3.63) is 29.8 Å². The lowest BCUT2D eigenvalue weighted by Gasteiger charge is -2.14. The number of phenolic OH excluding ortho intramolecular Hbond substituents is 1. The van der Waals surface area contributed by atoms with Crippen LogP contribution in [0.1, 0.15) is 18.4 Å². The summed E-state index contributed by atoms with van der Waals surface area (Å²) in [6.07, 6.45) is -0.140. The summed E-state index contributed by atoms with van der Waals surface area (Å²) in [7, 11) is 1.21. The molecule has 0 saturated heterocycles. The number of methoxy groups -OCH3 is 1. The van der Waals surface area contributed by atoms with Gasteiger partial charge in [-0.3, -0.25) is 9.59 Å². The number of aliphatic carboxylic acids is 1. The highest BCUT2D eigenvalue weighted by Gasteiger charge is 2.21. The van der Waals surface area contributed by atoms with Crippen molar-refractivity contribution in [2.75, 3.05) is 7.11 Å². The van der Waals surface area contributed by atoms with Gasteiger partial charge in [-0.1, -0.05) is 12.1 Å². The van der Waals surface area contributed by atoms with E-state index in [1.54, 1.807) is 12.1 Å². The van der Waals surface area contributed by atoms with Crippen LogP contribution < -0.4 is 5.32 Å². The lowest BCUT2D eigenvalue weighted by Crippen LogP contribution is -2.41. The molecule has 3 N–H and O–H groups in total. The Labute approximate surface area is 121 Å². The average molecular weight is 295 g/mol. The van der Waals surface area contributed by atoms with Crippen molar-refractivity contribution in [1.82, 2.24) is 5.32 Å². The van der Waals surface area contributed by atoms with Crippen molar-refractivity contribution in [1.29, 1.82) is 0 Å². The van der Waals surface area contributed by atoms with E-state index in [1.807, 2.05) is 0 Å². The zero-order valence-corrected chi connectivity index (χ0v) is 11.5. The summed E-state index contributed by atoms with van der Waals surface area (Å²) in [6.45, 7) is 0. The van der Waals surface area contributed by atoms with Crippen LogP contribution in [0.5, 0.6) is 5.75 Å². The Morgan fingerprint density at radius 1 is 1.24 bits per heavy atom. The normalized spacial score (nSPS) is 11.5. The molecule has 0 fully saturated rings. The van der Waals surface area contributed by atoms with Crippen molar-refractivity contribution >= 4 is 17.8 Å². The van der Waals surface area contributed by atoms with E-state index < -0.39 is 23.9 Å². The van der Waals surface area contributed by atoms with Gasteiger partial charge in [0, 0.05) is 6.42 Å². The summed E-state index contributed by atoms with van der Waals surface area (Å²) in [6, 6.07) is 4.87. The SMILES string of the molecule is COC(=O)CCC(NC(=O)Cc1ccc(O)cc1)C(=O)O. The molecule has 21 heavy (non-hydrogen) atoms. The Hall–Kier alpha value is -2.57. The second kappa shape index (κ2) is 7.88. The number of ether oxygens (including phenoxy) is 1. The predicted molar refractivity (Wildman–Crippen MR) is 72.6 cm³/mol. The first-order chi connectivity index (χ1) is 9.92. The van der Waals surface area contributed by atoms with Crippen LogP contribution >= 0.6 is 0 Å². The molecular weight excluding hydrogens is 278 g/mol. The first kappa shape index (κ1) is 16.5. The maximum Gasteiger partial charge on any atom is 0.326 e. The van der Waals surface area contributed by atoms with Crippen LogP contribution in [-0.2, 0) is 25.5 Å². The van der Waals surface area contributed by atoms with Gasteiger partial charge in [0.25, 0.3) is 0 Å². The van der Waals surface area contributed by atoms with E-state index in [1.165, 1.54) is 19.2 Å². The minimum Gasteiger partial charge on any atom is -0.508 e. The fraction of sp³-hybridized carbons (Fsp3) is 0.357. The summed E-state index contributed by atoms with van der Waals surface area (Å²) in [4.78, 5) is 33.8. The molecule has 0 heterocycles. The molecule has 0 saturated carbocycles. The third kappa shape index (κ3) is 5.94. The van der Waals surface area contributed by atoms with Gasteiger partial charge in [0.2, 0.25) is 5.91 Å². The highest BCUT2D eigenvalue weighted by atomic mass is 16.5. The van der Waals surface area contributed by atoms with E-state index >= 15 is 0 Å². The molecular formula is C14H17NO6. The largest absolute Gasteiger partial charge is 0.508 e. The zero-order valence-electron chi connectivity index (χ0n) is 11.5. The Morgan fingerprint density at radius 2 is 1.86 bits per heavy atom. The number of benzene rings is 1. The number of aromatic hydroxyl groups is 1. The number of carbonyl (C=O) groups is 3. The Bertz CT molecular complexity index is 511. The van der Waals surface area contributed by atoms with E-state index in [-0.39, 0.29) is 25.0 Å². The van der Waals surface area contributed by atoms with Gasteiger partial charge in [-0.2, -0.15) is 0 Å². The van der Waals surface area contributed by atoms with Crippen LogP contribution in [0.15, 0.2) is 24.3 Å². The van der Waals surface area contributed by atoms with E-state index in [0.29, 0.717) is 5.56 Å². The topological polar surface area (TPSA) is 113 Å². The number of rotatable bonds is 7. The van der Waals surface area contributed by atoms with Gasteiger partial charge in [0.05, 0.1) is 13.5 Å². The quantitative estimate of drug-likeness (QED) is 0.630. The number of hydrogen-bond donors (Lipinski definition) is 3. The lowest BCUT2D eigenvalue weighted by molar-refractivity contribution is -0.144. The first-order valence-corrected chi connectivity index (χ1v) is 6.29. The standard InChI is InChI=1S/C14H17NO6/c1-21-13(18)7-6-11(14(19)20)15-12(17)8-9-2-4-10(16)5-3-9/h2-5,11,16H,6-8H2,1H3,(H,15,17)(H,19,20). The second-order valence-electron chi connectivity index (χ2n) is 4.42. The maximum atomic E-state index is 11.8. The van der Waals surface area contributed by atoms with Crippen molar-refractivity contribution < 1.29 is 29.3 Å². The molecule has 0 bridgehead atoms. The van der Waals surface area contributed by atoms with Gasteiger partial charge in [-0.25, -0.2) is 4.79 Å². The van der Waals surface area contributed by atoms with Crippen LogP contribution in [0.25, 0.3) is 0 Å². The van der Waals surface area contributed by atoms with E-state index in [4.69, 9.17) is 10.2 Å². The lowest BCUT2D eigenvalue weighted by atomic mass is 10.1. The minimum absolute atomic E-state index is 0.0116. The number of hydrogen-bond acceptors (Lipinski definition) is 5. The number of phenols is 1. The molecule has 7 nitrogen and oxygen atoms in total. The molecule has 0 aliphatic rings. The summed E-state index contributed by atoms with van der Waals surface area (Å²) in [5, 5.41) is 20.5. The summed E-state index contributed by atoms with van der Waals surface area (Å²) in [5.74, 6) is -2.13. The van der Waals surface area contributed by atoms with E-state index in [9.17, 15) is 14.4 Å². The summed E-state index contributed by atoms with van der Waals surface area (Å²) < 4.78 is 4.42. The number of carbonyl (C=O) groups excluding carboxylic acids is 2. The number of carboxylic acid groups (broad SMARTS) is 1. The van der Waals surface area contributed by atoms with Gasteiger partial charge < -0.3 is 20.3 Å². The van der Waals surface area contributed by atoms with Gasteiger partial charge in [0.1, 0.15) is 11.8 Å². The molecule has 1 amide bonds. The van der Waals surface area contributed by atoms with Crippen LogP contribution in [0.2, 0.25) is 0 Å². The number of amides is 1. The molecule has 1 unspecified atom stereocenters. The average Bonchev–Trinajstić information content (AvgIpc) is 2.45. The molecule has 1 rings (SSSR count). The highest BCUT2D eigenvalue weighted by Crippen LogP contribution is 2.10. The molecule has 0 aliphatic heterocycles.